The van der Waals surface area contributed by atoms with Crippen molar-refractivity contribution in [3.8, 4) is 0 Å². The van der Waals surface area contributed by atoms with Gasteiger partial charge in [-0.2, -0.15) is 13.2 Å². The van der Waals surface area contributed by atoms with Crippen LogP contribution in [0.4, 0.5) is 13.2 Å². The summed E-state index contributed by atoms with van der Waals surface area (Å²) in [4.78, 5) is 7.44. The lowest BCUT2D eigenvalue weighted by Gasteiger charge is -2.39. The highest BCUT2D eigenvalue weighted by Gasteiger charge is 2.30. The monoisotopic (exact) mass is 404 g/mol. The summed E-state index contributed by atoms with van der Waals surface area (Å²) in [6.07, 6.45) is 0.725. The van der Waals surface area contributed by atoms with E-state index in [1.54, 1.807) is 12.1 Å². The smallest absolute Gasteiger partial charge is 0.381 e. The van der Waals surface area contributed by atoms with E-state index >= 15 is 0 Å². The first kappa shape index (κ1) is 20.4. The third-order valence-electron chi connectivity index (χ3n) is 6.15. The molecule has 2 fully saturated rings. The van der Waals surface area contributed by atoms with Crippen LogP contribution in [-0.2, 0) is 17.3 Å². The number of pyridine rings is 1. The quantitative estimate of drug-likeness (QED) is 0.713. The Kier molecular flexibility index (Phi) is 6.20. The summed E-state index contributed by atoms with van der Waals surface area (Å²) >= 11 is 0. The molecule has 0 saturated carbocycles. The Morgan fingerprint density at radius 1 is 0.931 bits per heavy atom. The van der Waals surface area contributed by atoms with Crippen molar-refractivity contribution in [2.75, 3.05) is 26.3 Å². The molecule has 0 aliphatic carbocycles. The van der Waals surface area contributed by atoms with E-state index in [-0.39, 0.29) is 0 Å². The number of rotatable bonds is 4. The largest absolute Gasteiger partial charge is 0.416 e. The molecule has 1 aromatic heterocycles. The zero-order valence-electron chi connectivity index (χ0n) is 16.5. The zero-order valence-corrected chi connectivity index (χ0v) is 16.5. The fraction of sp³-hybridized carbons (Fsp3) is 0.522. The van der Waals surface area contributed by atoms with Crippen LogP contribution in [0.3, 0.4) is 0 Å². The number of piperidine rings is 1. The Hall–Kier alpha value is -1.92. The molecule has 0 amide bonds. The maximum absolute atomic E-state index is 12.7. The van der Waals surface area contributed by atoms with Gasteiger partial charge in [-0.25, -0.2) is 0 Å². The molecule has 2 aliphatic rings. The Labute approximate surface area is 169 Å². The molecule has 4 rings (SSSR count). The lowest BCUT2D eigenvalue weighted by Crippen LogP contribution is -2.43. The van der Waals surface area contributed by atoms with Gasteiger partial charge in [0.1, 0.15) is 0 Å². The van der Waals surface area contributed by atoms with Crippen molar-refractivity contribution in [2.24, 2.45) is 0 Å². The fourth-order valence-electron chi connectivity index (χ4n) is 4.46. The molecule has 3 heterocycles. The van der Waals surface area contributed by atoms with Crippen LogP contribution in [-0.4, -0.2) is 42.2 Å². The van der Waals surface area contributed by atoms with Gasteiger partial charge in [0.05, 0.1) is 5.56 Å². The molecule has 2 aromatic rings. The minimum atomic E-state index is -4.30. The maximum Gasteiger partial charge on any atom is 0.416 e. The lowest BCUT2D eigenvalue weighted by molar-refractivity contribution is -0.137. The van der Waals surface area contributed by atoms with E-state index in [0.29, 0.717) is 18.4 Å². The lowest BCUT2D eigenvalue weighted by atomic mass is 9.91. The molecule has 0 unspecified atom stereocenters. The maximum atomic E-state index is 12.7. The van der Waals surface area contributed by atoms with Crippen LogP contribution < -0.4 is 0 Å². The van der Waals surface area contributed by atoms with E-state index in [1.165, 1.54) is 0 Å². The van der Waals surface area contributed by atoms with E-state index in [1.807, 2.05) is 12.1 Å². The van der Waals surface area contributed by atoms with Crippen molar-refractivity contribution in [3.05, 3.63) is 65.0 Å². The van der Waals surface area contributed by atoms with Crippen LogP contribution in [0.15, 0.2) is 42.5 Å². The van der Waals surface area contributed by atoms with Crippen LogP contribution >= 0.6 is 0 Å². The molecular weight excluding hydrogens is 377 g/mol. The molecule has 0 atom stereocenters. The molecule has 29 heavy (non-hydrogen) atoms. The van der Waals surface area contributed by atoms with Crippen molar-refractivity contribution in [3.63, 3.8) is 0 Å². The first-order chi connectivity index (χ1) is 14.0. The van der Waals surface area contributed by atoms with Gasteiger partial charge in [-0.15, -0.1) is 0 Å². The molecule has 3 nitrogen and oxygen atoms in total. The normalized spacial score (nSPS) is 20.1. The van der Waals surface area contributed by atoms with Crippen molar-refractivity contribution >= 4 is 0 Å². The topological polar surface area (TPSA) is 25.4 Å². The summed E-state index contributed by atoms with van der Waals surface area (Å²) in [5, 5.41) is 0. The third-order valence-corrected chi connectivity index (χ3v) is 6.15. The van der Waals surface area contributed by atoms with Gasteiger partial charge in [0.2, 0.25) is 0 Å². The van der Waals surface area contributed by atoms with Crippen molar-refractivity contribution in [2.45, 2.75) is 50.2 Å². The van der Waals surface area contributed by atoms with Crippen LogP contribution in [0.2, 0.25) is 0 Å². The van der Waals surface area contributed by atoms with Gasteiger partial charge < -0.3 is 9.64 Å². The van der Waals surface area contributed by atoms with Crippen LogP contribution in [0.25, 0.3) is 0 Å². The molecule has 0 radical (unpaired) electrons. The van der Waals surface area contributed by atoms with E-state index < -0.39 is 11.7 Å². The number of halogens is 3. The van der Waals surface area contributed by atoms with E-state index in [9.17, 15) is 13.2 Å². The molecule has 0 N–H and O–H groups in total. The highest BCUT2D eigenvalue weighted by Crippen LogP contribution is 2.31. The van der Waals surface area contributed by atoms with E-state index in [4.69, 9.17) is 9.72 Å². The molecular formula is C23H27F3N2O. The van der Waals surface area contributed by atoms with Gasteiger partial charge in [0.15, 0.2) is 0 Å². The molecule has 2 saturated heterocycles. The van der Waals surface area contributed by atoms with E-state index in [0.717, 1.165) is 81.1 Å². The summed E-state index contributed by atoms with van der Waals surface area (Å²) < 4.78 is 43.7. The van der Waals surface area contributed by atoms with Gasteiger partial charge in [-0.3, -0.25) is 4.98 Å². The van der Waals surface area contributed by atoms with Gasteiger partial charge in [-0.05, 0) is 68.6 Å². The van der Waals surface area contributed by atoms with Crippen molar-refractivity contribution in [1.82, 2.24) is 9.88 Å². The van der Waals surface area contributed by atoms with Crippen LogP contribution in [0.1, 0.15) is 54.1 Å². The highest BCUT2D eigenvalue weighted by molar-refractivity contribution is 5.28. The summed E-state index contributed by atoms with van der Waals surface area (Å²) in [5.41, 5.74) is 2.26. The highest BCUT2D eigenvalue weighted by atomic mass is 19.4. The predicted octanol–water partition coefficient (Wildman–Crippen LogP) is 5.05. The van der Waals surface area contributed by atoms with Crippen molar-refractivity contribution < 1.29 is 17.9 Å². The molecule has 0 spiro atoms. The number of aromatic nitrogens is 1. The van der Waals surface area contributed by atoms with Crippen LogP contribution in [0, 0.1) is 0 Å². The first-order valence-corrected chi connectivity index (χ1v) is 10.4. The summed E-state index contributed by atoms with van der Waals surface area (Å²) in [6, 6.07) is 12.1. The van der Waals surface area contributed by atoms with Gasteiger partial charge >= 0.3 is 6.18 Å². The van der Waals surface area contributed by atoms with Crippen LogP contribution in [0.5, 0.6) is 0 Å². The molecule has 156 valence electrons. The van der Waals surface area contributed by atoms with Crippen molar-refractivity contribution in [1.29, 1.82) is 0 Å². The number of alkyl halides is 3. The number of hydrogen-bond donors (Lipinski definition) is 0. The Balaban J connectivity index is 1.36. The average Bonchev–Trinajstić information content (AvgIpc) is 2.74. The SMILES string of the molecule is FC(F)(F)c1ccc(Cc2cccc(C3CCN(C4CCOCC4)CC3)n2)cc1. The molecule has 6 heteroatoms. The van der Waals surface area contributed by atoms with Gasteiger partial charge in [-0.1, -0.05) is 18.2 Å². The zero-order chi connectivity index (χ0) is 20.3. The Bertz CT molecular complexity index is 793. The summed E-state index contributed by atoms with van der Waals surface area (Å²) in [7, 11) is 0. The Morgan fingerprint density at radius 2 is 1.62 bits per heavy atom. The number of likely N-dealkylation sites (tertiary alicyclic amines) is 1. The third kappa shape index (κ3) is 5.17. The molecule has 2 aliphatic heterocycles. The van der Waals surface area contributed by atoms with E-state index in [2.05, 4.69) is 11.0 Å². The number of ether oxygens (including phenoxy) is 1. The number of benzene rings is 1. The molecule has 1 aromatic carbocycles. The minimum Gasteiger partial charge on any atom is -0.381 e. The standard InChI is InChI=1S/C23H27F3N2O/c24-23(25,26)19-6-4-17(5-7-19)16-20-2-1-3-22(27-20)18-8-12-28(13-9-18)21-10-14-29-15-11-21/h1-7,18,21H,8-16H2. The minimum absolute atomic E-state index is 0.457. The second-order valence-electron chi connectivity index (χ2n) is 8.08. The molecule has 0 bridgehead atoms. The number of nitrogens with zero attached hydrogens (tertiary/aromatic N) is 2. The fourth-order valence-corrected chi connectivity index (χ4v) is 4.46. The first-order valence-electron chi connectivity index (χ1n) is 10.4. The number of hydrogen-bond acceptors (Lipinski definition) is 3. The predicted molar refractivity (Wildman–Crippen MR) is 106 cm³/mol. The summed E-state index contributed by atoms with van der Waals surface area (Å²) in [5.74, 6) is 0.457. The van der Waals surface area contributed by atoms with Gasteiger partial charge in [0.25, 0.3) is 0 Å². The average molecular weight is 404 g/mol. The second-order valence-corrected chi connectivity index (χ2v) is 8.08. The van der Waals surface area contributed by atoms with Gasteiger partial charge in [0, 0.05) is 43.0 Å². The summed E-state index contributed by atoms with van der Waals surface area (Å²) in [6.45, 7) is 3.94. The Morgan fingerprint density at radius 3 is 2.28 bits per heavy atom. The second kappa shape index (κ2) is 8.84.